The zero-order valence-electron chi connectivity index (χ0n) is 10.2. The van der Waals surface area contributed by atoms with Gasteiger partial charge in [-0.1, -0.05) is 0 Å². The number of aliphatic hydroxyl groups is 3. The Labute approximate surface area is 111 Å². The standard InChI is InChI=1S/C10H13F2N3O5/c11-5-1-15(8(19)14-6(5)13)10(12)4-20-9(2-16,3-17)7(10)18/h1,7,16-18H,2-4H2,(H2,13,14,19)/t7-,10+/m1/s1. The molecule has 0 bridgehead atoms. The number of hydrogen-bond acceptors (Lipinski definition) is 7. The van der Waals surface area contributed by atoms with Crippen molar-refractivity contribution in [2.24, 2.45) is 0 Å². The van der Waals surface area contributed by atoms with Crippen LogP contribution in [-0.4, -0.2) is 56.4 Å². The maximum atomic E-state index is 14.8. The van der Waals surface area contributed by atoms with Gasteiger partial charge in [0.15, 0.2) is 11.6 Å². The number of ether oxygens (including phenoxy) is 1. The van der Waals surface area contributed by atoms with Crippen LogP contribution in [-0.2, 0) is 10.5 Å². The van der Waals surface area contributed by atoms with Crippen molar-refractivity contribution in [3.63, 3.8) is 0 Å². The van der Waals surface area contributed by atoms with Crippen molar-refractivity contribution in [1.82, 2.24) is 9.55 Å². The molecule has 1 aromatic heterocycles. The lowest BCUT2D eigenvalue weighted by molar-refractivity contribution is -0.130. The Hall–Kier alpha value is -1.62. The molecule has 5 N–H and O–H groups in total. The number of hydrogen-bond donors (Lipinski definition) is 4. The van der Waals surface area contributed by atoms with E-state index < -0.39 is 54.6 Å². The first-order valence-electron chi connectivity index (χ1n) is 5.58. The molecule has 1 aliphatic rings. The molecular weight excluding hydrogens is 280 g/mol. The van der Waals surface area contributed by atoms with Crippen LogP contribution < -0.4 is 11.4 Å². The second-order valence-corrected chi connectivity index (χ2v) is 4.52. The van der Waals surface area contributed by atoms with E-state index in [1.54, 1.807) is 0 Å². The Bertz CT molecular complexity index is 577. The van der Waals surface area contributed by atoms with Crippen molar-refractivity contribution in [3.05, 3.63) is 22.5 Å². The van der Waals surface area contributed by atoms with Gasteiger partial charge in [0.25, 0.3) is 0 Å². The van der Waals surface area contributed by atoms with Crippen LogP contribution in [0.2, 0.25) is 0 Å². The predicted octanol–water partition coefficient (Wildman–Crippen LogP) is -2.30. The molecule has 0 spiro atoms. The molecular formula is C10H13F2N3O5. The van der Waals surface area contributed by atoms with E-state index in [0.29, 0.717) is 6.20 Å². The fourth-order valence-corrected chi connectivity index (χ4v) is 2.03. The zero-order valence-corrected chi connectivity index (χ0v) is 10.2. The maximum Gasteiger partial charge on any atom is 0.352 e. The Morgan fingerprint density at radius 2 is 2.15 bits per heavy atom. The van der Waals surface area contributed by atoms with Crippen molar-refractivity contribution in [2.75, 3.05) is 25.6 Å². The van der Waals surface area contributed by atoms with Gasteiger partial charge in [0.05, 0.1) is 19.4 Å². The number of aliphatic hydroxyl groups excluding tert-OH is 3. The van der Waals surface area contributed by atoms with Gasteiger partial charge in [-0.25, -0.2) is 13.6 Å². The molecule has 0 radical (unpaired) electrons. The van der Waals surface area contributed by atoms with Crippen LogP contribution in [0.3, 0.4) is 0 Å². The first-order valence-corrected chi connectivity index (χ1v) is 5.58. The smallest absolute Gasteiger partial charge is 0.352 e. The molecule has 0 amide bonds. The molecule has 1 aromatic rings. The molecule has 2 heterocycles. The zero-order chi connectivity index (χ0) is 15.1. The molecule has 0 aromatic carbocycles. The second-order valence-electron chi connectivity index (χ2n) is 4.52. The first-order chi connectivity index (χ1) is 9.30. The lowest BCUT2D eigenvalue weighted by atomic mass is 9.94. The first kappa shape index (κ1) is 14.8. The third-order valence-electron chi connectivity index (χ3n) is 3.32. The topological polar surface area (TPSA) is 131 Å². The molecule has 112 valence electrons. The van der Waals surface area contributed by atoms with Gasteiger partial charge in [0.2, 0.25) is 5.79 Å². The van der Waals surface area contributed by atoms with Gasteiger partial charge in [0.1, 0.15) is 18.3 Å². The molecule has 0 saturated carbocycles. The minimum absolute atomic E-state index is 0.191. The van der Waals surface area contributed by atoms with E-state index in [4.69, 9.17) is 20.7 Å². The van der Waals surface area contributed by atoms with Crippen molar-refractivity contribution < 1.29 is 28.8 Å². The molecule has 1 aliphatic heterocycles. The summed E-state index contributed by atoms with van der Waals surface area (Å²) in [5, 5.41) is 28.2. The molecule has 20 heavy (non-hydrogen) atoms. The van der Waals surface area contributed by atoms with Crippen LogP contribution in [0.5, 0.6) is 0 Å². The highest BCUT2D eigenvalue weighted by Crippen LogP contribution is 2.39. The molecule has 0 unspecified atom stereocenters. The number of alkyl halides is 1. The van der Waals surface area contributed by atoms with Gasteiger partial charge in [0, 0.05) is 0 Å². The average molecular weight is 293 g/mol. The number of nitrogens with zero attached hydrogens (tertiary/aromatic N) is 2. The normalized spacial score (nSPS) is 28.8. The quantitative estimate of drug-likeness (QED) is 0.493. The summed E-state index contributed by atoms with van der Waals surface area (Å²) >= 11 is 0. The monoisotopic (exact) mass is 293 g/mol. The highest BCUT2D eigenvalue weighted by Gasteiger charge is 2.60. The van der Waals surface area contributed by atoms with Crippen molar-refractivity contribution in [2.45, 2.75) is 17.5 Å². The Kier molecular flexibility index (Phi) is 3.50. The van der Waals surface area contributed by atoms with Crippen molar-refractivity contribution >= 4 is 5.82 Å². The molecule has 1 saturated heterocycles. The maximum absolute atomic E-state index is 14.8. The van der Waals surface area contributed by atoms with Gasteiger partial charge in [-0.05, 0) is 0 Å². The summed E-state index contributed by atoms with van der Waals surface area (Å²) in [5.41, 5.74) is 1.85. The Morgan fingerprint density at radius 3 is 2.65 bits per heavy atom. The van der Waals surface area contributed by atoms with Gasteiger partial charge < -0.3 is 25.8 Å². The fraction of sp³-hybridized carbons (Fsp3) is 0.600. The molecule has 8 nitrogen and oxygen atoms in total. The van der Waals surface area contributed by atoms with E-state index in [0.717, 1.165) is 0 Å². The third-order valence-corrected chi connectivity index (χ3v) is 3.32. The fourth-order valence-electron chi connectivity index (χ4n) is 2.03. The minimum atomic E-state index is -2.88. The van der Waals surface area contributed by atoms with Crippen molar-refractivity contribution in [3.8, 4) is 0 Å². The minimum Gasteiger partial charge on any atom is -0.393 e. The summed E-state index contributed by atoms with van der Waals surface area (Å²) in [7, 11) is 0. The third kappa shape index (κ3) is 1.88. The number of nitrogens with two attached hydrogens (primary N) is 1. The number of aromatic nitrogens is 2. The van der Waals surface area contributed by atoms with Crippen LogP contribution in [0.1, 0.15) is 0 Å². The lowest BCUT2D eigenvalue weighted by Crippen LogP contribution is -2.55. The summed E-state index contributed by atoms with van der Waals surface area (Å²) in [4.78, 5) is 14.7. The summed E-state index contributed by atoms with van der Waals surface area (Å²) < 4.78 is 33.2. The summed E-state index contributed by atoms with van der Waals surface area (Å²) in [5.74, 6) is -4.75. The van der Waals surface area contributed by atoms with E-state index in [2.05, 4.69) is 4.98 Å². The second kappa shape index (κ2) is 4.74. The molecule has 2 rings (SSSR count). The van der Waals surface area contributed by atoms with E-state index in [1.165, 1.54) is 0 Å². The highest BCUT2D eigenvalue weighted by molar-refractivity contribution is 5.27. The average Bonchev–Trinajstić information content (AvgIpc) is 2.68. The van der Waals surface area contributed by atoms with E-state index in [-0.39, 0.29) is 4.57 Å². The van der Waals surface area contributed by atoms with Gasteiger partial charge >= 0.3 is 5.69 Å². The van der Waals surface area contributed by atoms with E-state index in [9.17, 15) is 18.7 Å². The molecule has 10 heteroatoms. The van der Waals surface area contributed by atoms with Crippen LogP contribution in [0.4, 0.5) is 14.6 Å². The van der Waals surface area contributed by atoms with Gasteiger partial charge in [-0.15, -0.1) is 0 Å². The summed E-state index contributed by atoms with van der Waals surface area (Å²) in [6.45, 7) is -2.66. The number of anilines is 1. The van der Waals surface area contributed by atoms with Crippen LogP contribution in [0.25, 0.3) is 0 Å². The summed E-state index contributed by atoms with van der Waals surface area (Å²) in [6.07, 6.45) is -1.66. The van der Waals surface area contributed by atoms with Gasteiger partial charge in [-0.2, -0.15) is 4.98 Å². The molecule has 0 aliphatic carbocycles. The molecule has 2 atom stereocenters. The van der Waals surface area contributed by atoms with Crippen LogP contribution >= 0.6 is 0 Å². The highest BCUT2D eigenvalue weighted by atomic mass is 19.1. The van der Waals surface area contributed by atoms with Crippen molar-refractivity contribution in [1.29, 1.82) is 0 Å². The Balaban J connectivity index is 2.53. The number of rotatable bonds is 3. The van der Waals surface area contributed by atoms with Crippen LogP contribution in [0.15, 0.2) is 11.0 Å². The number of nitrogen functional groups attached to an aromatic ring is 1. The molecule has 1 fully saturated rings. The Morgan fingerprint density at radius 1 is 1.55 bits per heavy atom. The predicted molar refractivity (Wildman–Crippen MR) is 60.8 cm³/mol. The summed E-state index contributed by atoms with van der Waals surface area (Å²) in [6, 6.07) is 0. The lowest BCUT2D eigenvalue weighted by Gasteiger charge is -2.31. The van der Waals surface area contributed by atoms with Crippen LogP contribution in [0, 0.1) is 5.82 Å². The van der Waals surface area contributed by atoms with Gasteiger partial charge in [-0.3, -0.25) is 4.57 Å². The number of halogens is 2. The largest absolute Gasteiger partial charge is 0.393 e. The SMILES string of the molecule is Nc1nc(=O)n([C@@]2(F)COC(CO)(CO)[C@H]2O)cc1F. The van der Waals surface area contributed by atoms with E-state index >= 15 is 0 Å². The van der Waals surface area contributed by atoms with E-state index in [1.807, 2.05) is 0 Å².